The lowest BCUT2D eigenvalue weighted by atomic mass is 9.97. The van der Waals surface area contributed by atoms with Crippen LogP contribution in [0.1, 0.15) is 44.2 Å². The van der Waals surface area contributed by atoms with Gasteiger partial charge in [-0.15, -0.1) is 0 Å². The molecule has 234 valence electrons. The summed E-state index contributed by atoms with van der Waals surface area (Å²) in [7, 11) is 3.29. The fraction of sp³-hybridized carbons (Fsp3) is 0.417. The molecule has 0 saturated carbocycles. The molecular formula is C36H46N4O4. The quantitative estimate of drug-likeness (QED) is 0.325. The van der Waals surface area contributed by atoms with Crippen LogP contribution in [0.25, 0.3) is 10.8 Å². The Kier molecular flexibility index (Phi) is 10.9. The summed E-state index contributed by atoms with van der Waals surface area (Å²) in [6.45, 7) is 4.65. The summed E-state index contributed by atoms with van der Waals surface area (Å²) in [4.78, 5) is 46.5. The second-order valence-corrected chi connectivity index (χ2v) is 12.7. The lowest BCUT2D eigenvalue weighted by Gasteiger charge is -2.38. The zero-order valence-corrected chi connectivity index (χ0v) is 26.4. The lowest BCUT2D eigenvalue weighted by Crippen LogP contribution is -2.57. The Labute approximate surface area is 261 Å². The Morgan fingerprint density at radius 2 is 1.50 bits per heavy atom. The van der Waals surface area contributed by atoms with Gasteiger partial charge in [0.05, 0.1) is 6.10 Å². The van der Waals surface area contributed by atoms with Crippen molar-refractivity contribution in [2.24, 2.45) is 5.73 Å². The number of benzene rings is 3. The third-order valence-corrected chi connectivity index (χ3v) is 8.40. The topological polar surface area (TPSA) is 107 Å². The van der Waals surface area contributed by atoms with Crippen molar-refractivity contribution < 1.29 is 19.5 Å². The van der Waals surface area contributed by atoms with E-state index >= 15 is 0 Å². The predicted octanol–water partition coefficient (Wildman–Crippen LogP) is 3.95. The van der Waals surface area contributed by atoms with Gasteiger partial charge in [-0.2, -0.15) is 0 Å². The van der Waals surface area contributed by atoms with E-state index in [1.807, 2.05) is 86.6 Å². The van der Waals surface area contributed by atoms with Crippen LogP contribution in [0.4, 0.5) is 0 Å². The van der Waals surface area contributed by atoms with Gasteiger partial charge >= 0.3 is 0 Å². The first-order chi connectivity index (χ1) is 20.9. The monoisotopic (exact) mass is 598 g/mol. The molecule has 0 aliphatic carbocycles. The second kappa shape index (κ2) is 14.6. The van der Waals surface area contributed by atoms with E-state index in [4.69, 9.17) is 5.73 Å². The second-order valence-electron chi connectivity index (χ2n) is 12.7. The highest BCUT2D eigenvalue weighted by Gasteiger charge is 2.37. The van der Waals surface area contributed by atoms with Crippen molar-refractivity contribution in [3.63, 3.8) is 0 Å². The van der Waals surface area contributed by atoms with Crippen molar-refractivity contribution >= 4 is 28.5 Å². The Morgan fingerprint density at radius 1 is 0.886 bits per heavy atom. The summed E-state index contributed by atoms with van der Waals surface area (Å²) in [6.07, 6.45) is 4.95. The van der Waals surface area contributed by atoms with Gasteiger partial charge < -0.3 is 25.5 Å². The third-order valence-electron chi connectivity index (χ3n) is 8.40. The van der Waals surface area contributed by atoms with Crippen molar-refractivity contribution in [3.05, 3.63) is 96.1 Å². The van der Waals surface area contributed by atoms with Crippen LogP contribution in [0.5, 0.6) is 0 Å². The standard InChI is InChI=1S/C36H46N4O4/c1-36(2,37)20-10-15-33(42)38(3)31(25-27-16-17-28-13-8-9-14-29(28)23-27)34(43)39(4)32(24-26-11-6-5-7-12-26)35(44)40-21-18-30(41)19-22-40/h5-17,23,30-32,41H,18-22,24-25,37H2,1-4H3/b15-10+/t31-,32?/m1/s1. The van der Waals surface area contributed by atoms with Crippen LogP contribution < -0.4 is 5.73 Å². The summed E-state index contributed by atoms with van der Waals surface area (Å²) >= 11 is 0. The molecule has 1 saturated heterocycles. The Balaban J connectivity index is 1.65. The SMILES string of the molecule is CN(C(=O)[C@@H](Cc1ccc2ccccc2c1)N(C)C(=O)/C=C/CC(C)(C)N)C(Cc1ccccc1)C(=O)N1CCC(O)CC1. The summed E-state index contributed by atoms with van der Waals surface area (Å²) in [5.41, 5.74) is 7.48. The maximum atomic E-state index is 14.4. The molecule has 3 aromatic rings. The first-order valence-corrected chi connectivity index (χ1v) is 15.4. The van der Waals surface area contributed by atoms with Crippen LogP contribution in [0.3, 0.4) is 0 Å². The molecule has 0 aromatic heterocycles. The molecule has 0 spiro atoms. The average Bonchev–Trinajstić information content (AvgIpc) is 3.01. The van der Waals surface area contributed by atoms with Crippen molar-refractivity contribution in [1.82, 2.24) is 14.7 Å². The molecular weight excluding hydrogens is 552 g/mol. The minimum Gasteiger partial charge on any atom is -0.393 e. The van der Waals surface area contributed by atoms with E-state index < -0.39 is 23.7 Å². The van der Waals surface area contributed by atoms with Gasteiger partial charge in [-0.05, 0) is 61.1 Å². The fourth-order valence-corrected chi connectivity index (χ4v) is 5.63. The van der Waals surface area contributed by atoms with Crippen molar-refractivity contribution in [2.75, 3.05) is 27.2 Å². The molecule has 3 aromatic carbocycles. The summed E-state index contributed by atoms with van der Waals surface area (Å²) < 4.78 is 0. The number of amides is 3. The largest absolute Gasteiger partial charge is 0.393 e. The van der Waals surface area contributed by atoms with E-state index in [0.29, 0.717) is 38.8 Å². The molecule has 8 nitrogen and oxygen atoms in total. The number of likely N-dealkylation sites (tertiary alicyclic amines) is 1. The molecule has 4 rings (SSSR count). The highest BCUT2D eigenvalue weighted by molar-refractivity contribution is 5.95. The average molecular weight is 599 g/mol. The Bertz CT molecular complexity index is 1460. The Morgan fingerprint density at radius 3 is 2.16 bits per heavy atom. The summed E-state index contributed by atoms with van der Waals surface area (Å²) in [6, 6.07) is 22.1. The maximum Gasteiger partial charge on any atom is 0.246 e. The van der Waals surface area contributed by atoms with Crippen LogP contribution in [0, 0.1) is 0 Å². The molecule has 0 bridgehead atoms. The zero-order valence-electron chi connectivity index (χ0n) is 26.4. The number of hydrogen-bond donors (Lipinski definition) is 2. The van der Waals surface area contributed by atoms with Crippen molar-refractivity contribution in [3.8, 4) is 0 Å². The molecule has 1 unspecified atom stereocenters. The molecule has 1 aliphatic rings. The van der Waals surface area contributed by atoms with Crippen LogP contribution in [-0.4, -0.2) is 88.4 Å². The minimum atomic E-state index is -0.849. The third kappa shape index (κ3) is 8.77. The molecule has 44 heavy (non-hydrogen) atoms. The molecule has 0 radical (unpaired) electrons. The lowest BCUT2D eigenvalue weighted by molar-refractivity contribution is -0.150. The van der Waals surface area contributed by atoms with Gasteiger partial charge in [0.2, 0.25) is 17.7 Å². The predicted molar refractivity (Wildman–Crippen MR) is 175 cm³/mol. The number of rotatable bonds is 11. The van der Waals surface area contributed by atoms with E-state index in [1.54, 1.807) is 25.1 Å². The summed E-state index contributed by atoms with van der Waals surface area (Å²) in [5.74, 6) is -0.772. The van der Waals surface area contributed by atoms with Crippen LogP contribution >= 0.6 is 0 Å². The molecule has 3 N–H and O–H groups in total. The molecule has 1 fully saturated rings. The van der Waals surface area contributed by atoms with Gasteiger partial charge in [-0.25, -0.2) is 0 Å². The number of nitrogens with two attached hydrogens (primary N) is 1. The van der Waals surface area contributed by atoms with Gasteiger partial charge in [0.25, 0.3) is 0 Å². The van der Waals surface area contributed by atoms with E-state index in [1.165, 1.54) is 15.9 Å². The number of fused-ring (bicyclic) bond motifs is 1. The number of likely N-dealkylation sites (N-methyl/N-ethyl adjacent to an activating group) is 2. The number of nitrogens with zero attached hydrogens (tertiary/aromatic N) is 3. The van der Waals surface area contributed by atoms with Gasteiger partial charge in [0.1, 0.15) is 12.1 Å². The smallest absolute Gasteiger partial charge is 0.246 e. The van der Waals surface area contributed by atoms with Gasteiger partial charge in [-0.1, -0.05) is 78.9 Å². The highest BCUT2D eigenvalue weighted by atomic mass is 16.3. The van der Waals surface area contributed by atoms with Crippen LogP contribution in [-0.2, 0) is 27.2 Å². The van der Waals surface area contributed by atoms with Crippen LogP contribution in [0.2, 0.25) is 0 Å². The fourth-order valence-electron chi connectivity index (χ4n) is 5.63. The van der Waals surface area contributed by atoms with E-state index in [0.717, 1.165) is 21.9 Å². The number of aliphatic hydroxyl groups excluding tert-OH is 1. The molecule has 8 heteroatoms. The normalized spacial score (nSPS) is 15.7. The van der Waals surface area contributed by atoms with Crippen LogP contribution in [0.15, 0.2) is 84.9 Å². The van der Waals surface area contributed by atoms with E-state index in [-0.39, 0.29) is 24.1 Å². The molecule has 2 atom stereocenters. The van der Waals surface area contributed by atoms with Crippen molar-refractivity contribution in [1.29, 1.82) is 0 Å². The number of carbonyl (C=O) groups excluding carboxylic acids is 3. The van der Waals surface area contributed by atoms with Gasteiger partial charge in [0, 0.05) is 45.6 Å². The number of piperidine rings is 1. The zero-order chi connectivity index (χ0) is 31.9. The number of aliphatic hydroxyl groups is 1. The Hall–Kier alpha value is -4.01. The number of carbonyl (C=O) groups is 3. The van der Waals surface area contributed by atoms with Crippen molar-refractivity contribution in [2.45, 2.75) is 69.7 Å². The molecule has 1 heterocycles. The van der Waals surface area contributed by atoms with E-state index in [9.17, 15) is 19.5 Å². The van der Waals surface area contributed by atoms with E-state index in [2.05, 4.69) is 0 Å². The first-order valence-electron chi connectivity index (χ1n) is 15.4. The summed E-state index contributed by atoms with van der Waals surface area (Å²) in [5, 5.41) is 12.2. The number of hydrogen-bond acceptors (Lipinski definition) is 5. The van der Waals surface area contributed by atoms with Gasteiger partial charge in [-0.3, -0.25) is 14.4 Å². The minimum absolute atomic E-state index is 0.153. The van der Waals surface area contributed by atoms with Gasteiger partial charge in [0.15, 0.2) is 0 Å². The first kappa shape index (κ1) is 32.9. The highest BCUT2D eigenvalue weighted by Crippen LogP contribution is 2.22. The molecule has 1 aliphatic heterocycles. The maximum absolute atomic E-state index is 14.4. The molecule has 3 amide bonds.